The Hall–Kier alpha value is -3.45. The fourth-order valence-electron chi connectivity index (χ4n) is 4.21. The molecule has 1 aliphatic heterocycles. The van der Waals surface area contributed by atoms with Gasteiger partial charge in [-0.15, -0.1) is 0 Å². The van der Waals surface area contributed by atoms with Crippen LogP contribution in [-0.4, -0.2) is 41.2 Å². The smallest absolute Gasteiger partial charge is 0.330 e. The Morgan fingerprint density at radius 1 is 0.970 bits per heavy atom. The van der Waals surface area contributed by atoms with Gasteiger partial charge in [-0.25, -0.2) is 4.79 Å². The topological polar surface area (TPSA) is 92.8 Å². The van der Waals surface area contributed by atoms with E-state index >= 15 is 0 Å². The first-order valence-corrected chi connectivity index (χ1v) is 11.1. The molecule has 0 bridgehead atoms. The van der Waals surface area contributed by atoms with E-state index in [1.54, 1.807) is 24.3 Å². The maximum atomic E-state index is 13.1. The summed E-state index contributed by atoms with van der Waals surface area (Å²) in [6, 6.07) is 14.4. The van der Waals surface area contributed by atoms with E-state index in [1.807, 2.05) is 42.5 Å². The van der Waals surface area contributed by atoms with Gasteiger partial charge in [0.25, 0.3) is 5.91 Å². The second-order valence-electron chi connectivity index (χ2n) is 8.07. The lowest BCUT2D eigenvalue weighted by atomic mass is 9.85. The van der Waals surface area contributed by atoms with Crippen LogP contribution in [0.15, 0.2) is 66.7 Å². The van der Waals surface area contributed by atoms with Crippen LogP contribution in [0.3, 0.4) is 0 Å². The van der Waals surface area contributed by atoms with E-state index in [9.17, 15) is 19.2 Å². The highest BCUT2D eigenvalue weighted by Crippen LogP contribution is 2.36. The van der Waals surface area contributed by atoms with Crippen molar-refractivity contribution in [3.63, 3.8) is 0 Å². The Balaban J connectivity index is 1.48. The Morgan fingerprint density at radius 3 is 2.18 bits per heavy atom. The number of allylic oxidation sites excluding steroid dienone is 2. The van der Waals surface area contributed by atoms with Crippen molar-refractivity contribution in [3.05, 3.63) is 77.3 Å². The summed E-state index contributed by atoms with van der Waals surface area (Å²) < 4.78 is 5.26. The Kier molecular flexibility index (Phi) is 6.89. The SMILES string of the molecule is O=C(COC(=O)[C@@H](Cc1ccccc1)N1C(=O)[C@H]2CC=CC[C@H]2C1=O)Nc1ccc(Cl)cc1. The lowest BCUT2D eigenvalue weighted by molar-refractivity contribution is -0.159. The molecule has 3 amide bonds. The summed E-state index contributed by atoms with van der Waals surface area (Å²) in [6.45, 7) is -0.544. The van der Waals surface area contributed by atoms with Gasteiger partial charge in [0.15, 0.2) is 6.61 Å². The Labute approximate surface area is 196 Å². The number of benzene rings is 2. The molecule has 0 spiro atoms. The number of fused-ring (bicyclic) bond motifs is 1. The molecule has 2 aromatic rings. The van der Waals surface area contributed by atoms with Gasteiger partial charge in [-0.3, -0.25) is 19.3 Å². The maximum absolute atomic E-state index is 13.1. The highest BCUT2D eigenvalue weighted by Gasteiger charge is 2.51. The summed E-state index contributed by atoms with van der Waals surface area (Å²) in [5.41, 5.74) is 1.28. The number of carbonyl (C=O) groups excluding carboxylic acids is 4. The third kappa shape index (κ3) is 5.14. The van der Waals surface area contributed by atoms with Gasteiger partial charge in [-0.1, -0.05) is 54.1 Å². The van der Waals surface area contributed by atoms with Crippen LogP contribution >= 0.6 is 11.6 Å². The van der Waals surface area contributed by atoms with Crippen LogP contribution < -0.4 is 5.32 Å². The lowest BCUT2D eigenvalue weighted by Crippen LogP contribution is -2.48. The van der Waals surface area contributed by atoms with Crippen molar-refractivity contribution < 1.29 is 23.9 Å². The van der Waals surface area contributed by atoms with Crippen molar-refractivity contribution in [1.82, 2.24) is 4.90 Å². The van der Waals surface area contributed by atoms with Crippen LogP contribution in [0.1, 0.15) is 18.4 Å². The average molecular weight is 467 g/mol. The molecule has 170 valence electrons. The average Bonchev–Trinajstić information content (AvgIpc) is 3.08. The van der Waals surface area contributed by atoms with Gasteiger partial charge >= 0.3 is 5.97 Å². The molecule has 0 unspecified atom stereocenters. The molecule has 33 heavy (non-hydrogen) atoms. The number of ether oxygens (including phenoxy) is 1. The van der Waals surface area contributed by atoms with Crippen molar-refractivity contribution in [2.24, 2.45) is 11.8 Å². The van der Waals surface area contributed by atoms with Crippen molar-refractivity contribution in [3.8, 4) is 0 Å². The van der Waals surface area contributed by atoms with Gasteiger partial charge in [0, 0.05) is 17.1 Å². The first-order chi connectivity index (χ1) is 15.9. The van der Waals surface area contributed by atoms with E-state index in [-0.39, 0.29) is 18.2 Å². The zero-order valence-corrected chi connectivity index (χ0v) is 18.5. The van der Waals surface area contributed by atoms with Gasteiger partial charge in [-0.05, 0) is 42.7 Å². The second-order valence-corrected chi connectivity index (χ2v) is 8.51. The van der Waals surface area contributed by atoms with Gasteiger partial charge in [0.1, 0.15) is 6.04 Å². The molecule has 8 heteroatoms. The van der Waals surface area contributed by atoms with E-state index in [0.29, 0.717) is 23.6 Å². The molecule has 0 radical (unpaired) electrons. The van der Waals surface area contributed by atoms with E-state index in [0.717, 1.165) is 10.5 Å². The molecule has 7 nitrogen and oxygen atoms in total. The number of nitrogens with zero attached hydrogens (tertiary/aromatic N) is 1. The molecule has 3 atom stereocenters. The first kappa shape index (κ1) is 22.7. The second kappa shape index (κ2) is 10.0. The maximum Gasteiger partial charge on any atom is 0.330 e. The predicted octanol–water partition coefficient (Wildman–Crippen LogP) is 3.38. The van der Waals surface area contributed by atoms with Gasteiger partial charge in [0.05, 0.1) is 11.8 Å². The first-order valence-electron chi connectivity index (χ1n) is 10.7. The highest BCUT2D eigenvalue weighted by molar-refractivity contribution is 6.30. The van der Waals surface area contributed by atoms with Crippen LogP contribution in [0.25, 0.3) is 0 Å². The van der Waals surface area contributed by atoms with Gasteiger partial charge < -0.3 is 10.1 Å². The number of hydrogen-bond acceptors (Lipinski definition) is 5. The Morgan fingerprint density at radius 2 is 1.58 bits per heavy atom. The molecule has 1 saturated heterocycles. The number of halogens is 1. The number of hydrogen-bond donors (Lipinski definition) is 1. The molecule has 1 N–H and O–H groups in total. The summed E-state index contributed by atoms with van der Waals surface area (Å²) in [4.78, 5) is 52.5. The van der Waals surface area contributed by atoms with Gasteiger partial charge in [0.2, 0.25) is 11.8 Å². The number of nitrogens with one attached hydrogen (secondary N) is 1. The number of anilines is 1. The lowest BCUT2D eigenvalue weighted by Gasteiger charge is -2.25. The monoisotopic (exact) mass is 466 g/mol. The molecular formula is C25H23ClN2O5. The number of imide groups is 1. The van der Waals surface area contributed by atoms with Crippen LogP contribution in [0, 0.1) is 11.8 Å². The van der Waals surface area contributed by atoms with Crippen molar-refractivity contribution in [1.29, 1.82) is 0 Å². The quantitative estimate of drug-likeness (QED) is 0.383. The molecule has 0 aromatic heterocycles. The zero-order chi connectivity index (χ0) is 23.4. The summed E-state index contributed by atoms with van der Waals surface area (Å²) >= 11 is 5.84. The summed E-state index contributed by atoms with van der Waals surface area (Å²) in [5.74, 6) is -2.97. The number of amides is 3. The number of carbonyl (C=O) groups is 4. The highest BCUT2D eigenvalue weighted by atomic mass is 35.5. The number of rotatable bonds is 7. The minimum Gasteiger partial charge on any atom is -0.454 e. The van der Waals surface area contributed by atoms with Crippen LogP contribution in [0.5, 0.6) is 0 Å². The van der Waals surface area contributed by atoms with Crippen molar-refractivity contribution >= 4 is 41.0 Å². The standard InChI is InChI=1S/C25H23ClN2O5/c26-17-10-12-18(13-11-17)27-22(29)15-33-25(32)21(14-16-6-2-1-3-7-16)28-23(30)19-8-4-5-9-20(19)24(28)31/h1-7,10-13,19-21H,8-9,14-15H2,(H,27,29)/t19-,20+,21-/m1/s1. The zero-order valence-electron chi connectivity index (χ0n) is 17.8. The predicted molar refractivity (Wildman–Crippen MR) is 122 cm³/mol. The molecule has 1 fully saturated rings. The normalized spacial score (nSPS) is 20.3. The summed E-state index contributed by atoms with van der Waals surface area (Å²) in [6.07, 6.45) is 4.84. The molecule has 1 heterocycles. The van der Waals surface area contributed by atoms with E-state index < -0.39 is 36.4 Å². The molecule has 0 saturated carbocycles. The molecule has 2 aliphatic rings. The van der Waals surface area contributed by atoms with E-state index in [2.05, 4.69) is 5.32 Å². The number of likely N-dealkylation sites (tertiary alicyclic amines) is 1. The fraction of sp³-hybridized carbons (Fsp3) is 0.280. The summed E-state index contributed by atoms with van der Waals surface area (Å²) in [7, 11) is 0. The van der Waals surface area contributed by atoms with Gasteiger partial charge in [-0.2, -0.15) is 0 Å². The third-order valence-electron chi connectivity index (χ3n) is 5.87. The largest absolute Gasteiger partial charge is 0.454 e. The fourth-order valence-corrected chi connectivity index (χ4v) is 4.34. The van der Waals surface area contributed by atoms with E-state index in [4.69, 9.17) is 16.3 Å². The molecular weight excluding hydrogens is 444 g/mol. The van der Waals surface area contributed by atoms with Crippen LogP contribution in [0.4, 0.5) is 5.69 Å². The minimum atomic E-state index is -1.14. The van der Waals surface area contributed by atoms with Crippen LogP contribution in [-0.2, 0) is 30.3 Å². The molecule has 2 aromatic carbocycles. The van der Waals surface area contributed by atoms with Crippen molar-refractivity contribution in [2.75, 3.05) is 11.9 Å². The Bertz CT molecular complexity index is 1060. The van der Waals surface area contributed by atoms with E-state index in [1.165, 1.54) is 0 Å². The number of esters is 1. The minimum absolute atomic E-state index is 0.114. The molecule has 4 rings (SSSR count). The van der Waals surface area contributed by atoms with Crippen molar-refractivity contribution in [2.45, 2.75) is 25.3 Å². The summed E-state index contributed by atoms with van der Waals surface area (Å²) in [5, 5.41) is 3.14. The van der Waals surface area contributed by atoms with Crippen LogP contribution in [0.2, 0.25) is 5.02 Å². The third-order valence-corrected chi connectivity index (χ3v) is 6.12. The molecule has 1 aliphatic carbocycles.